The van der Waals surface area contributed by atoms with Crippen molar-refractivity contribution in [3.8, 4) is 0 Å². The molecule has 0 aliphatic rings. The molecule has 0 atom stereocenters. The molecule has 0 amide bonds. The van der Waals surface area contributed by atoms with Gasteiger partial charge in [0.15, 0.2) is 0 Å². The van der Waals surface area contributed by atoms with Gasteiger partial charge in [0, 0.05) is 22.9 Å². The first-order valence-corrected chi connectivity index (χ1v) is 6.14. The molecule has 0 spiro atoms. The second kappa shape index (κ2) is 3.54. The molecule has 0 aliphatic carbocycles. The molecule has 0 bridgehead atoms. The molecule has 0 fully saturated rings. The molecule has 1 N–H and O–H groups in total. The summed E-state index contributed by atoms with van der Waals surface area (Å²) in [5, 5.41) is 5.07. The first kappa shape index (κ1) is 9.60. The highest BCUT2D eigenvalue weighted by Gasteiger charge is 2.06. The highest BCUT2D eigenvalue weighted by molar-refractivity contribution is 5.98. The quantitative estimate of drug-likeness (QED) is 0.406. The van der Waals surface area contributed by atoms with Gasteiger partial charge in [0.1, 0.15) is 0 Å². The maximum Gasteiger partial charge on any atom is 0.211 e. The number of hydrogen-bond donors (Lipinski definition) is 0. The summed E-state index contributed by atoms with van der Waals surface area (Å²) >= 11 is 0. The van der Waals surface area contributed by atoms with E-state index in [2.05, 4.69) is 71.7 Å². The maximum atomic E-state index is 3.50. The van der Waals surface area contributed by atoms with E-state index in [0.717, 1.165) is 0 Å². The summed E-state index contributed by atoms with van der Waals surface area (Å²) < 4.78 is 0. The molecule has 0 saturated heterocycles. The number of pyridine rings is 1. The average Bonchev–Trinajstić information content (AvgIpc) is 2.42. The van der Waals surface area contributed by atoms with Gasteiger partial charge in [0.25, 0.3) is 0 Å². The summed E-state index contributed by atoms with van der Waals surface area (Å²) in [4.78, 5) is 3.50. The van der Waals surface area contributed by atoms with Gasteiger partial charge in [-0.05, 0) is 29.0 Å². The lowest BCUT2D eigenvalue weighted by molar-refractivity contribution is -0.310. The standard InChI is InChI=1S/C17H11N/c1-2-6-13-11-17-15(9-12(13)5-1)10-14-7-3-4-8-16(14)18-17/h1-11H/p+1. The zero-order valence-electron chi connectivity index (χ0n) is 9.85. The van der Waals surface area contributed by atoms with Gasteiger partial charge in [-0.25, -0.2) is 4.98 Å². The fourth-order valence-electron chi connectivity index (χ4n) is 2.53. The summed E-state index contributed by atoms with van der Waals surface area (Å²) in [6.45, 7) is 0. The fraction of sp³-hybridized carbons (Fsp3) is 0. The third-order valence-corrected chi connectivity index (χ3v) is 3.46. The SMILES string of the molecule is c1ccc2cc3[nH+]c4ccccc4cc3cc2c1. The molecule has 0 saturated carbocycles. The number of rotatable bonds is 0. The lowest BCUT2D eigenvalue weighted by atomic mass is 10.1. The summed E-state index contributed by atoms with van der Waals surface area (Å²) in [6.07, 6.45) is 0. The van der Waals surface area contributed by atoms with Crippen molar-refractivity contribution in [3.05, 3.63) is 66.7 Å². The predicted molar refractivity (Wildman–Crippen MR) is 75.5 cm³/mol. The van der Waals surface area contributed by atoms with Crippen molar-refractivity contribution in [1.82, 2.24) is 0 Å². The van der Waals surface area contributed by atoms with Gasteiger partial charge in [0.2, 0.25) is 11.0 Å². The number of aromatic amines is 1. The van der Waals surface area contributed by atoms with Gasteiger partial charge in [-0.1, -0.05) is 36.4 Å². The van der Waals surface area contributed by atoms with E-state index in [1.54, 1.807) is 0 Å². The van der Waals surface area contributed by atoms with Crippen LogP contribution < -0.4 is 4.98 Å². The third-order valence-electron chi connectivity index (χ3n) is 3.46. The van der Waals surface area contributed by atoms with E-state index >= 15 is 0 Å². The number of para-hydroxylation sites is 1. The zero-order valence-corrected chi connectivity index (χ0v) is 9.85. The van der Waals surface area contributed by atoms with E-state index in [1.165, 1.54) is 32.6 Å². The Morgan fingerprint density at radius 2 is 1.11 bits per heavy atom. The van der Waals surface area contributed by atoms with Crippen LogP contribution >= 0.6 is 0 Å². The number of H-pyrrole nitrogens is 1. The molecule has 1 heterocycles. The molecule has 84 valence electrons. The van der Waals surface area contributed by atoms with Crippen LogP contribution in [0.4, 0.5) is 0 Å². The number of benzene rings is 3. The van der Waals surface area contributed by atoms with E-state index in [4.69, 9.17) is 0 Å². The van der Waals surface area contributed by atoms with Crippen LogP contribution in [-0.2, 0) is 0 Å². The van der Waals surface area contributed by atoms with E-state index < -0.39 is 0 Å². The van der Waals surface area contributed by atoms with Crippen LogP contribution in [0.15, 0.2) is 66.7 Å². The molecule has 4 aromatic rings. The van der Waals surface area contributed by atoms with Crippen LogP contribution in [0.1, 0.15) is 0 Å². The predicted octanol–water partition coefficient (Wildman–Crippen LogP) is 3.96. The molecule has 1 heteroatoms. The zero-order chi connectivity index (χ0) is 11.9. The van der Waals surface area contributed by atoms with Crippen LogP contribution in [0.5, 0.6) is 0 Å². The number of fused-ring (bicyclic) bond motifs is 3. The fourth-order valence-corrected chi connectivity index (χ4v) is 2.53. The van der Waals surface area contributed by atoms with E-state index in [-0.39, 0.29) is 0 Å². The Morgan fingerprint density at radius 1 is 0.500 bits per heavy atom. The van der Waals surface area contributed by atoms with E-state index in [1.807, 2.05) is 0 Å². The Kier molecular flexibility index (Phi) is 1.89. The summed E-state index contributed by atoms with van der Waals surface area (Å²) in [7, 11) is 0. The topological polar surface area (TPSA) is 14.1 Å². The summed E-state index contributed by atoms with van der Waals surface area (Å²) in [6, 6.07) is 23.6. The lowest BCUT2D eigenvalue weighted by Gasteiger charge is -1.99. The smallest absolute Gasteiger partial charge is 0.204 e. The van der Waals surface area contributed by atoms with Crippen molar-refractivity contribution in [2.45, 2.75) is 0 Å². The molecule has 1 aromatic heterocycles. The number of hydrogen-bond acceptors (Lipinski definition) is 0. The Labute approximate surface area is 105 Å². The lowest BCUT2D eigenvalue weighted by Crippen LogP contribution is -2.04. The van der Waals surface area contributed by atoms with Crippen molar-refractivity contribution in [3.63, 3.8) is 0 Å². The molecule has 0 radical (unpaired) electrons. The largest absolute Gasteiger partial charge is 0.211 e. The van der Waals surface area contributed by atoms with E-state index in [0.29, 0.717) is 0 Å². The minimum atomic E-state index is 1.18. The Morgan fingerprint density at radius 3 is 1.94 bits per heavy atom. The molecule has 0 aliphatic heterocycles. The van der Waals surface area contributed by atoms with Gasteiger partial charge < -0.3 is 0 Å². The van der Waals surface area contributed by atoms with Crippen molar-refractivity contribution >= 4 is 32.6 Å². The Bertz CT molecular complexity index is 734. The first-order chi connectivity index (χ1) is 8.90. The second-order valence-corrected chi connectivity index (χ2v) is 4.64. The van der Waals surface area contributed by atoms with Crippen molar-refractivity contribution < 1.29 is 4.98 Å². The summed E-state index contributed by atoms with van der Waals surface area (Å²) in [5.41, 5.74) is 2.37. The first-order valence-electron chi connectivity index (χ1n) is 6.14. The number of aromatic nitrogens is 1. The van der Waals surface area contributed by atoms with Gasteiger partial charge in [0.05, 0.1) is 0 Å². The van der Waals surface area contributed by atoms with Crippen LogP contribution in [0, 0.1) is 0 Å². The normalized spacial score (nSPS) is 11.3. The Balaban J connectivity index is 2.20. The van der Waals surface area contributed by atoms with Crippen LogP contribution in [0.3, 0.4) is 0 Å². The van der Waals surface area contributed by atoms with Crippen LogP contribution in [-0.4, -0.2) is 0 Å². The molecule has 4 rings (SSSR count). The van der Waals surface area contributed by atoms with Gasteiger partial charge in [-0.15, -0.1) is 0 Å². The minimum absolute atomic E-state index is 1.18. The average molecular weight is 230 g/mol. The Hall–Kier alpha value is -2.41. The van der Waals surface area contributed by atoms with Crippen LogP contribution in [0.2, 0.25) is 0 Å². The van der Waals surface area contributed by atoms with Gasteiger partial charge in [-0.3, -0.25) is 0 Å². The molecule has 0 unspecified atom stereocenters. The van der Waals surface area contributed by atoms with Crippen molar-refractivity contribution in [1.29, 1.82) is 0 Å². The second-order valence-electron chi connectivity index (χ2n) is 4.64. The molecule has 3 aromatic carbocycles. The molecular formula is C17H12N+. The molecule has 1 nitrogen and oxygen atoms in total. The van der Waals surface area contributed by atoms with Crippen molar-refractivity contribution in [2.75, 3.05) is 0 Å². The van der Waals surface area contributed by atoms with Crippen molar-refractivity contribution in [2.24, 2.45) is 0 Å². The van der Waals surface area contributed by atoms with Gasteiger partial charge >= 0.3 is 0 Å². The molecule has 18 heavy (non-hydrogen) atoms. The molecular weight excluding hydrogens is 218 g/mol. The van der Waals surface area contributed by atoms with Crippen LogP contribution in [0.25, 0.3) is 32.6 Å². The van der Waals surface area contributed by atoms with E-state index in [9.17, 15) is 0 Å². The highest BCUT2D eigenvalue weighted by atomic mass is 14.7. The van der Waals surface area contributed by atoms with Gasteiger partial charge in [-0.2, -0.15) is 0 Å². The summed E-state index contributed by atoms with van der Waals surface area (Å²) in [5.74, 6) is 0. The maximum absolute atomic E-state index is 3.50. The number of nitrogens with one attached hydrogen (secondary N) is 1. The monoisotopic (exact) mass is 230 g/mol. The minimum Gasteiger partial charge on any atom is -0.204 e. The highest BCUT2D eigenvalue weighted by Crippen LogP contribution is 2.22. The third kappa shape index (κ3) is 1.37.